The number of aliphatic carboxylic acids is 1. The second-order valence-corrected chi connectivity index (χ2v) is 5.13. The molecule has 1 rings (SSSR count). The Morgan fingerprint density at radius 1 is 1.44 bits per heavy atom. The molecule has 18 heavy (non-hydrogen) atoms. The summed E-state index contributed by atoms with van der Waals surface area (Å²) in [5, 5.41) is 11.7. The van der Waals surface area contributed by atoms with E-state index in [0.717, 1.165) is 5.56 Å². The Morgan fingerprint density at radius 3 is 2.83 bits per heavy atom. The summed E-state index contributed by atoms with van der Waals surface area (Å²) in [5.74, 6) is -0.424. The van der Waals surface area contributed by atoms with Crippen molar-refractivity contribution < 1.29 is 14.7 Å². The van der Waals surface area contributed by atoms with E-state index in [2.05, 4.69) is 5.32 Å². The van der Waals surface area contributed by atoms with E-state index >= 15 is 0 Å². The minimum atomic E-state index is -0.850. The molecule has 1 amide bonds. The number of hydrogen-bond acceptors (Lipinski definition) is 3. The number of hydrogen-bond donors (Lipinski definition) is 2. The molecule has 0 atom stereocenters. The molecule has 6 heteroatoms. The minimum absolute atomic E-state index is 0.0477. The van der Waals surface area contributed by atoms with E-state index in [1.807, 2.05) is 0 Å². The van der Waals surface area contributed by atoms with Gasteiger partial charge >= 0.3 is 5.97 Å². The first-order valence-corrected chi connectivity index (χ1v) is 6.88. The standard InChI is InChI=1S/C12H14ClNO3S/c1-8-9(3-2-4-10(8)13)12(17)14-5-6-18-7-11(15)16/h2-4H,5-7H2,1H3,(H,14,17)(H,15,16). The zero-order valence-corrected chi connectivity index (χ0v) is 11.5. The summed E-state index contributed by atoms with van der Waals surface area (Å²) in [6.45, 7) is 2.22. The van der Waals surface area contributed by atoms with Gasteiger partial charge in [0, 0.05) is 22.9 Å². The molecule has 0 aliphatic rings. The van der Waals surface area contributed by atoms with Crippen LogP contribution in [0, 0.1) is 6.92 Å². The molecule has 1 aromatic rings. The zero-order valence-electron chi connectivity index (χ0n) is 9.90. The van der Waals surface area contributed by atoms with Gasteiger partial charge in [0.1, 0.15) is 0 Å². The summed E-state index contributed by atoms with van der Waals surface area (Å²) in [7, 11) is 0. The Balaban J connectivity index is 2.41. The highest BCUT2D eigenvalue weighted by atomic mass is 35.5. The lowest BCUT2D eigenvalue weighted by Crippen LogP contribution is -2.26. The summed E-state index contributed by atoms with van der Waals surface area (Å²) < 4.78 is 0. The lowest BCUT2D eigenvalue weighted by atomic mass is 10.1. The van der Waals surface area contributed by atoms with E-state index in [1.54, 1.807) is 25.1 Å². The predicted molar refractivity (Wildman–Crippen MR) is 73.5 cm³/mol. The summed E-state index contributed by atoms with van der Waals surface area (Å²) in [6, 6.07) is 5.17. The van der Waals surface area contributed by atoms with Crippen molar-refractivity contribution in [1.29, 1.82) is 0 Å². The van der Waals surface area contributed by atoms with Crippen molar-refractivity contribution in [2.24, 2.45) is 0 Å². The number of carboxylic acids is 1. The van der Waals surface area contributed by atoms with Crippen LogP contribution in [0.3, 0.4) is 0 Å². The lowest BCUT2D eigenvalue weighted by Gasteiger charge is -2.08. The van der Waals surface area contributed by atoms with Gasteiger partial charge in [-0.2, -0.15) is 0 Å². The number of benzene rings is 1. The Hall–Kier alpha value is -1.20. The average molecular weight is 288 g/mol. The molecular weight excluding hydrogens is 274 g/mol. The molecule has 4 nitrogen and oxygen atoms in total. The number of carbonyl (C=O) groups excluding carboxylic acids is 1. The maximum absolute atomic E-state index is 11.8. The van der Waals surface area contributed by atoms with Crippen LogP contribution in [0.2, 0.25) is 5.02 Å². The predicted octanol–water partition coefficient (Wildman–Crippen LogP) is 2.20. The third-order valence-corrected chi connectivity index (χ3v) is 3.62. The van der Waals surface area contributed by atoms with Gasteiger partial charge < -0.3 is 10.4 Å². The summed E-state index contributed by atoms with van der Waals surface area (Å²) in [5.41, 5.74) is 1.29. The molecular formula is C12H14ClNO3S. The SMILES string of the molecule is Cc1c(Cl)cccc1C(=O)NCCSCC(=O)O. The molecule has 0 fully saturated rings. The number of carbonyl (C=O) groups is 2. The van der Waals surface area contributed by atoms with Crippen LogP contribution in [0.15, 0.2) is 18.2 Å². The van der Waals surface area contributed by atoms with Crippen molar-refractivity contribution in [2.75, 3.05) is 18.1 Å². The summed E-state index contributed by atoms with van der Waals surface area (Å²) >= 11 is 7.19. The van der Waals surface area contributed by atoms with Crippen molar-refractivity contribution in [3.63, 3.8) is 0 Å². The molecule has 0 bridgehead atoms. The first kappa shape index (κ1) is 14.9. The Labute approximate surface area is 115 Å². The Morgan fingerprint density at radius 2 is 2.17 bits per heavy atom. The molecule has 0 aliphatic carbocycles. The fraction of sp³-hybridized carbons (Fsp3) is 0.333. The van der Waals surface area contributed by atoms with Crippen molar-refractivity contribution in [1.82, 2.24) is 5.32 Å². The highest BCUT2D eigenvalue weighted by Crippen LogP contribution is 2.18. The molecule has 0 saturated carbocycles. The van der Waals surface area contributed by atoms with Crippen LogP contribution in [0.5, 0.6) is 0 Å². The van der Waals surface area contributed by atoms with Crippen molar-refractivity contribution in [3.05, 3.63) is 34.3 Å². The first-order valence-electron chi connectivity index (χ1n) is 5.35. The van der Waals surface area contributed by atoms with Crippen LogP contribution in [0.4, 0.5) is 0 Å². The number of halogens is 1. The van der Waals surface area contributed by atoms with Gasteiger partial charge in [-0.05, 0) is 24.6 Å². The molecule has 98 valence electrons. The molecule has 0 heterocycles. The largest absolute Gasteiger partial charge is 0.481 e. The van der Waals surface area contributed by atoms with Gasteiger partial charge in [-0.3, -0.25) is 9.59 Å². The van der Waals surface area contributed by atoms with E-state index < -0.39 is 5.97 Å². The van der Waals surface area contributed by atoms with Crippen LogP contribution in [-0.4, -0.2) is 35.0 Å². The third kappa shape index (κ3) is 4.58. The van der Waals surface area contributed by atoms with Crippen LogP contribution >= 0.6 is 23.4 Å². The van der Waals surface area contributed by atoms with Gasteiger partial charge in [-0.25, -0.2) is 0 Å². The van der Waals surface area contributed by atoms with E-state index in [0.29, 0.717) is 22.9 Å². The van der Waals surface area contributed by atoms with Crippen LogP contribution in [0.25, 0.3) is 0 Å². The Kier molecular flexibility index (Phi) is 6.01. The summed E-state index contributed by atoms with van der Waals surface area (Å²) in [4.78, 5) is 22.1. The first-order chi connectivity index (χ1) is 8.52. The molecule has 1 aromatic carbocycles. The van der Waals surface area contributed by atoms with Crippen LogP contribution < -0.4 is 5.32 Å². The minimum Gasteiger partial charge on any atom is -0.481 e. The second-order valence-electron chi connectivity index (χ2n) is 3.61. The van der Waals surface area contributed by atoms with Gasteiger partial charge in [0.2, 0.25) is 0 Å². The highest BCUT2D eigenvalue weighted by Gasteiger charge is 2.10. The molecule has 0 aliphatic heterocycles. The third-order valence-electron chi connectivity index (χ3n) is 2.27. The molecule has 0 unspecified atom stereocenters. The second kappa shape index (κ2) is 7.28. The van der Waals surface area contributed by atoms with Gasteiger partial charge in [-0.15, -0.1) is 11.8 Å². The van der Waals surface area contributed by atoms with Crippen LogP contribution in [0.1, 0.15) is 15.9 Å². The maximum Gasteiger partial charge on any atom is 0.313 e. The average Bonchev–Trinajstić information content (AvgIpc) is 2.31. The number of thioether (sulfide) groups is 1. The van der Waals surface area contributed by atoms with Gasteiger partial charge in [-0.1, -0.05) is 17.7 Å². The number of amides is 1. The number of nitrogens with one attached hydrogen (secondary N) is 1. The van der Waals surface area contributed by atoms with Crippen LogP contribution in [-0.2, 0) is 4.79 Å². The summed E-state index contributed by atoms with van der Waals surface area (Å²) in [6.07, 6.45) is 0. The molecule has 2 N–H and O–H groups in total. The smallest absolute Gasteiger partial charge is 0.313 e. The van der Waals surface area contributed by atoms with E-state index in [4.69, 9.17) is 16.7 Å². The molecule has 0 saturated heterocycles. The quantitative estimate of drug-likeness (QED) is 0.787. The van der Waals surface area contributed by atoms with Gasteiger partial charge in [0.25, 0.3) is 5.91 Å². The van der Waals surface area contributed by atoms with E-state index in [-0.39, 0.29) is 11.7 Å². The van der Waals surface area contributed by atoms with Gasteiger partial charge in [0.05, 0.1) is 5.75 Å². The van der Waals surface area contributed by atoms with Crippen molar-refractivity contribution in [3.8, 4) is 0 Å². The normalized spacial score (nSPS) is 10.1. The molecule has 0 radical (unpaired) electrons. The molecule has 0 aromatic heterocycles. The fourth-order valence-corrected chi connectivity index (χ4v) is 2.08. The van der Waals surface area contributed by atoms with Crippen molar-refractivity contribution in [2.45, 2.75) is 6.92 Å². The molecule has 0 spiro atoms. The lowest BCUT2D eigenvalue weighted by molar-refractivity contribution is -0.133. The topological polar surface area (TPSA) is 66.4 Å². The zero-order chi connectivity index (χ0) is 13.5. The van der Waals surface area contributed by atoms with E-state index in [9.17, 15) is 9.59 Å². The van der Waals surface area contributed by atoms with Gasteiger partial charge in [0.15, 0.2) is 0 Å². The number of carboxylic acid groups (broad SMARTS) is 1. The number of rotatable bonds is 6. The highest BCUT2D eigenvalue weighted by molar-refractivity contribution is 7.99. The Bertz CT molecular complexity index is 451. The van der Waals surface area contributed by atoms with E-state index in [1.165, 1.54) is 11.8 Å². The fourth-order valence-electron chi connectivity index (χ4n) is 1.34. The maximum atomic E-state index is 11.8. The monoisotopic (exact) mass is 287 g/mol. The van der Waals surface area contributed by atoms with Crippen molar-refractivity contribution >= 4 is 35.2 Å².